The number of carbonyl (C=O) groups is 1. The van der Waals surface area contributed by atoms with E-state index in [-0.39, 0.29) is 18.8 Å². The molecule has 1 aliphatic rings. The van der Waals surface area contributed by atoms with Gasteiger partial charge in [-0.2, -0.15) is 0 Å². The lowest BCUT2D eigenvalue weighted by Gasteiger charge is -2.16. The van der Waals surface area contributed by atoms with Crippen molar-refractivity contribution in [2.75, 3.05) is 0 Å². The first-order chi connectivity index (χ1) is 16.3. The van der Waals surface area contributed by atoms with Crippen LogP contribution in [-0.2, 0) is 11.4 Å². The summed E-state index contributed by atoms with van der Waals surface area (Å²) in [6.45, 7) is 0.147. The summed E-state index contributed by atoms with van der Waals surface area (Å²) in [6, 6.07) is 13.1. The third kappa shape index (κ3) is 5.98. The van der Waals surface area contributed by atoms with Gasteiger partial charge in [-0.05, 0) is 60.2 Å². The van der Waals surface area contributed by atoms with Crippen LogP contribution in [0.2, 0.25) is 0 Å². The van der Waals surface area contributed by atoms with Gasteiger partial charge in [0.15, 0.2) is 0 Å². The van der Waals surface area contributed by atoms with Crippen LogP contribution >= 0.6 is 0 Å². The maximum atomic E-state index is 12.8. The van der Waals surface area contributed by atoms with Gasteiger partial charge in [-0.3, -0.25) is 4.79 Å². The summed E-state index contributed by atoms with van der Waals surface area (Å²) in [5.41, 5.74) is 3.23. The number of halogens is 3. The van der Waals surface area contributed by atoms with E-state index in [1.54, 1.807) is 42.5 Å². The Morgan fingerprint density at radius 3 is 2.56 bits per heavy atom. The molecule has 1 heterocycles. The largest absolute Gasteiger partial charge is 0.573 e. The van der Waals surface area contributed by atoms with Crippen LogP contribution < -0.4 is 9.47 Å². The molecule has 0 saturated carbocycles. The zero-order valence-corrected chi connectivity index (χ0v) is 18.0. The molecule has 0 fully saturated rings. The number of hydrogen-bond donors (Lipinski definition) is 1. The van der Waals surface area contributed by atoms with Crippen molar-refractivity contribution in [3.63, 3.8) is 0 Å². The maximum Gasteiger partial charge on any atom is 0.573 e. The molecule has 1 aliphatic carbocycles. The van der Waals surface area contributed by atoms with Crippen LogP contribution in [-0.4, -0.2) is 22.6 Å². The summed E-state index contributed by atoms with van der Waals surface area (Å²) in [4.78, 5) is 11.3. The molecule has 34 heavy (non-hydrogen) atoms. The van der Waals surface area contributed by atoms with E-state index in [1.807, 2.05) is 6.08 Å². The van der Waals surface area contributed by atoms with Crippen LogP contribution in [0.1, 0.15) is 54.0 Å². The van der Waals surface area contributed by atoms with Gasteiger partial charge in [0.25, 0.3) is 0 Å². The molecule has 6 nitrogen and oxygen atoms in total. The number of carboxylic acid groups (broad SMARTS) is 1. The second-order valence-electron chi connectivity index (χ2n) is 7.93. The number of hydrogen-bond acceptors (Lipinski definition) is 5. The predicted molar refractivity (Wildman–Crippen MR) is 116 cm³/mol. The molecule has 0 spiro atoms. The van der Waals surface area contributed by atoms with Crippen molar-refractivity contribution in [2.45, 2.75) is 44.6 Å². The monoisotopic (exact) mass is 473 g/mol. The minimum atomic E-state index is -4.77. The number of rotatable bonds is 9. The fourth-order valence-electron chi connectivity index (χ4n) is 3.98. The minimum Gasteiger partial charge on any atom is -0.489 e. The fraction of sp³-hybridized carbons (Fsp3) is 0.280. The van der Waals surface area contributed by atoms with E-state index in [9.17, 15) is 23.1 Å². The predicted octanol–water partition coefficient (Wildman–Crippen LogP) is 6.33. The number of benzene rings is 2. The Kier molecular flexibility index (Phi) is 6.90. The Labute approximate surface area is 193 Å². The van der Waals surface area contributed by atoms with Gasteiger partial charge >= 0.3 is 12.3 Å². The van der Waals surface area contributed by atoms with Gasteiger partial charge in [-0.15, -0.1) is 13.2 Å². The summed E-state index contributed by atoms with van der Waals surface area (Å²) < 4.78 is 53.4. The lowest BCUT2D eigenvalue weighted by molar-refractivity contribution is -0.274. The van der Waals surface area contributed by atoms with E-state index in [0.29, 0.717) is 29.0 Å². The Morgan fingerprint density at radius 2 is 1.94 bits per heavy atom. The Balaban J connectivity index is 1.48. The lowest BCUT2D eigenvalue weighted by Crippen LogP contribution is -2.18. The van der Waals surface area contributed by atoms with Gasteiger partial charge in [-0.1, -0.05) is 29.4 Å². The van der Waals surface area contributed by atoms with Crippen LogP contribution in [0.15, 0.2) is 65.4 Å². The molecule has 178 valence electrons. The quantitative estimate of drug-likeness (QED) is 0.391. The third-order valence-electron chi connectivity index (χ3n) is 5.54. The molecule has 0 bridgehead atoms. The second kappa shape index (κ2) is 10.0. The molecule has 3 aromatic rings. The van der Waals surface area contributed by atoms with Crippen molar-refractivity contribution in [2.24, 2.45) is 0 Å². The first-order valence-corrected chi connectivity index (χ1v) is 10.7. The SMILES string of the molecule is O=C(O)CC(c1ccc(OCc2ccc(OC(F)(F)F)c(C3=CCCC3)c2)cc1)c1ccon1. The van der Waals surface area contributed by atoms with Gasteiger partial charge in [0.2, 0.25) is 0 Å². The van der Waals surface area contributed by atoms with Gasteiger partial charge in [-0.25, -0.2) is 0 Å². The molecule has 4 rings (SSSR count). The molecule has 2 aromatic carbocycles. The van der Waals surface area contributed by atoms with Crippen LogP contribution in [0.25, 0.3) is 5.57 Å². The van der Waals surface area contributed by atoms with Crippen molar-refractivity contribution in [3.05, 3.63) is 83.3 Å². The van der Waals surface area contributed by atoms with Crippen molar-refractivity contribution in [1.82, 2.24) is 5.16 Å². The summed E-state index contributed by atoms with van der Waals surface area (Å²) >= 11 is 0. The van der Waals surface area contributed by atoms with Crippen LogP contribution in [0.3, 0.4) is 0 Å². The normalized spacial score (nSPS) is 14.5. The van der Waals surface area contributed by atoms with E-state index < -0.39 is 18.2 Å². The molecular weight excluding hydrogens is 451 g/mol. The Bertz CT molecular complexity index is 1150. The number of ether oxygens (including phenoxy) is 2. The summed E-state index contributed by atoms with van der Waals surface area (Å²) in [5, 5.41) is 13.1. The first-order valence-electron chi connectivity index (χ1n) is 10.7. The van der Waals surface area contributed by atoms with E-state index in [1.165, 1.54) is 12.3 Å². The average molecular weight is 473 g/mol. The topological polar surface area (TPSA) is 81.8 Å². The Hall–Kier alpha value is -3.75. The zero-order chi connectivity index (χ0) is 24.1. The molecular formula is C25H22F3NO5. The number of carboxylic acids is 1. The minimum absolute atomic E-state index is 0.141. The van der Waals surface area contributed by atoms with Gasteiger partial charge in [0.1, 0.15) is 24.4 Å². The third-order valence-corrected chi connectivity index (χ3v) is 5.54. The molecule has 0 amide bonds. The summed E-state index contributed by atoms with van der Waals surface area (Å²) in [7, 11) is 0. The van der Waals surface area contributed by atoms with E-state index >= 15 is 0 Å². The fourth-order valence-corrected chi connectivity index (χ4v) is 3.98. The highest BCUT2D eigenvalue weighted by atomic mass is 19.4. The summed E-state index contributed by atoms with van der Waals surface area (Å²) in [5.74, 6) is -1.10. The van der Waals surface area contributed by atoms with Crippen molar-refractivity contribution in [1.29, 1.82) is 0 Å². The second-order valence-corrected chi connectivity index (χ2v) is 7.93. The van der Waals surface area contributed by atoms with Crippen LogP contribution in [0.5, 0.6) is 11.5 Å². The number of allylic oxidation sites excluding steroid dienone is 2. The van der Waals surface area contributed by atoms with Crippen molar-refractivity contribution < 1.29 is 37.1 Å². The average Bonchev–Trinajstić information content (AvgIpc) is 3.50. The molecule has 1 unspecified atom stereocenters. The smallest absolute Gasteiger partial charge is 0.489 e. The highest BCUT2D eigenvalue weighted by Gasteiger charge is 2.32. The molecule has 1 aromatic heterocycles. The number of alkyl halides is 3. The van der Waals surface area contributed by atoms with Crippen molar-refractivity contribution in [3.8, 4) is 11.5 Å². The molecule has 0 saturated heterocycles. The standard InChI is InChI=1S/C25H22F3NO5/c26-25(27,28)34-23-10-5-16(13-21(23)17-3-1-2-4-17)15-32-19-8-6-18(7-9-19)20(14-24(30)31)22-11-12-33-29-22/h3,5-13,20H,1-2,4,14-15H2,(H,30,31). The van der Waals surface area contributed by atoms with Gasteiger partial charge in [0, 0.05) is 17.5 Å². The molecule has 0 radical (unpaired) electrons. The zero-order valence-electron chi connectivity index (χ0n) is 18.0. The first kappa shape index (κ1) is 23.4. The van der Waals surface area contributed by atoms with Crippen LogP contribution in [0, 0.1) is 0 Å². The Morgan fingerprint density at radius 1 is 1.15 bits per heavy atom. The van der Waals surface area contributed by atoms with E-state index in [2.05, 4.69) is 9.89 Å². The van der Waals surface area contributed by atoms with E-state index in [0.717, 1.165) is 24.0 Å². The highest BCUT2D eigenvalue weighted by Crippen LogP contribution is 2.37. The molecule has 1 N–H and O–H groups in total. The van der Waals surface area contributed by atoms with E-state index in [4.69, 9.17) is 9.26 Å². The number of nitrogens with zero attached hydrogens (tertiary/aromatic N) is 1. The molecule has 0 aliphatic heterocycles. The lowest BCUT2D eigenvalue weighted by atomic mass is 9.92. The maximum absolute atomic E-state index is 12.8. The molecule has 9 heteroatoms. The highest BCUT2D eigenvalue weighted by molar-refractivity contribution is 5.72. The van der Waals surface area contributed by atoms with Gasteiger partial charge < -0.3 is 19.1 Å². The number of aliphatic carboxylic acids is 1. The van der Waals surface area contributed by atoms with Crippen LogP contribution in [0.4, 0.5) is 13.2 Å². The van der Waals surface area contributed by atoms with Crippen molar-refractivity contribution >= 4 is 11.5 Å². The summed E-state index contributed by atoms with van der Waals surface area (Å²) in [6.07, 6.45) is 0.835. The molecule has 1 atom stereocenters. The van der Waals surface area contributed by atoms with Gasteiger partial charge in [0.05, 0.1) is 12.1 Å². The number of aromatic nitrogens is 1.